The average molecular weight is 353 g/mol. The molecule has 0 aliphatic heterocycles. The van der Waals surface area contributed by atoms with Crippen LogP contribution >= 0.6 is 0 Å². The Hall–Kier alpha value is -3.53. The fourth-order valence-electron chi connectivity index (χ4n) is 2.16. The van der Waals surface area contributed by atoms with Crippen LogP contribution in [0.1, 0.15) is 11.1 Å². The normalized spacial score (nSPS) is 10.2. The molecule has 0 spiro atoms. The monoisotopic (exact) mass is 353 g/mol. The van der Waals surface area contributed by atoms with Gasteiger partial charge in [0.05, 0.1) is 26.9 Å². The summed E-state index contributed by atoms with van der Waals surface area (Å²) >= 11 is 0. The van der Waals surface area contributed by atoms with Gasteiger partial charge in [-0.2, -0.15) is 10.4 Å². The first kappa shape index (κ1) is 18.8. The molecular formula is C19H19N3O4. The van der Waals surface area contributed by atoms with Crippen LogP contribution < -0.4 is 19.6 Å². The smallest absolute Gasteiger partial charge is 0.244 e. The Morgan fingerprint density at radius 1 is 1.15 bits per heavy atom. The summed E-state index contributed by atoms with van der Waals surface area (Å²) in [7, 11) is 3.10. The molecule has 0 heterocycles. The van der Waals surface area contributed by atoms with Crippen LogP contribution in [0.25, 0.3) is 0 Å². The molecule has 0 aliphatic carbocycles. The Morgan fingerprint density at radius 3 is 2.54 bits per heavy atom. The maximum Gasteiger partial charge on any atom is 0.244 e. The minimum absolute atomic E-state index is 0.000358. The number of benzene rings is 2. The number of carbonyl (C=O) groups is 1. The largest absolute Gasteiger partial charge is 0.493 e. The number of rotatable bonds is 8. The highest BCUT2D eigenvalue weighted by atomic mass is 16.5. The molecule has 1 amide bonds. The van der Waals surface area contributed by atoms with Crippen molar-refractivity contribution in [3.8, 4) is 23.3 Å². The predicted molar refractivity (Wildman–Crippen MR) is 96.5 cm³/mol. The summed E-state index contributed by atoms with van der Waals surface area (Å²) in [6, 6.07) is 14.2. The van der Waals surface area contributed by atoms with Crippen LogP contribution in [-0.4, -0.2) is 32.9 Å². The van der Waals surface area contributed by atoms with Crippen LogP contribution in [0.3, 0.4) is 0 Å². The van der Waals surface area contributed by atoms with Crippen LogP contribution in [0.4, 0.5) is 0 Å². The standard InChI is InChI=1S/C19H19N3O4/c1-24-17-8-5-15(11-18(17)25-2)12-19(23)22-21-13-14-3-6-16(7-4-14)26-10-9-20/h3-8,11,13H,10,12H2,1-2H3,(H,22,23)/b21-13-. The highest BCUT2D eigenvalue weighted by Gasteiger charge is 2.07. The molecule has 7 nitrogen and oxygen atoms in total. The number of nitriles is 1. The third-order valence-electron chi connectivity index (χ3n) is 3.40. The van der Waals surface area contributed by atoms with Gasteiger partial charge in [0.25, 0.3) is 0 Å². The highest BCUT2D eigenvalue weighted by Crippen LogP contribution is 2.27. The molecule has 0 fully saturated rings. The summed E-state index contributed by atoms with van der Waals surface area (Å²) in [6.45, 7) is -0.000358. The van der Waals surface area contributed by atoms with E-state index in [0.717, 1.165) is 11.1 Å². The zero-order valence-electron chi connectivity index (χ0n) is 14.6. The minimum Gasteiger partial charge on any atom is -0.493 e. The van der Waals surface area contributed by atoms with Crippen molar-refractivity contribution in [3.05, 3.63) is 53.6 Å². The van der Waals surface area contributed by atoms with E-state index >= 15 is 0 Å². The molecule has 0 aromatic heterocycles. The Morgan fingerprint density at radius 2 is 1.88 bits per heavy atom. The first-order chi connectivity index (χ1) is 12.7. The van der Waals surface area contributed by atoms with Crippen molar-refractivity contribution < 1.29 is 19.0 Å². The van der Waals surface area contributed by atoms with Gasteiger partial charge in [0.15, 0.2) is 18.1 Å². The van der Waals surface area contributed by atoms with Crippen LogP contribution in [0.5, 0.6) is 17.2 Å². The molecule has 134 valence electrons. The molecule has 0 bridgehead atoms. The molecule has 0 aliphatic rings. The van der Waals surface area contributed by atoms with Crippen molar-refractivity contribution in [2.45, 2.75) is 6.42 Å². The summed E-state index contributed by atoms with van der Waals surface area (Å²) < 4.78 is 15.5. The van der Waals surface area contributed by atoms with Gasteiger partial charge in [0.1, 0.15) is 11.8 Å². The van der Waals surface area contributed by atoms with Gasteiger partial charge >= 0.3 is 0 Å². The summed E-state index contributed by atoms with van der Waals surface area (Å²) in [5, 5.41) is 12.4. The van der Waals surface area contributed by atoms with Crippen LogP contribution in [0.2, 0.25) is 0 Å². The lowest BCUT2D eigenvalue weighted by Gasteiger charge is -2.09. The molecule has 2 aromatic rings. The van der Waals surface area contributed by atoms with E-state index in [1.165, 1.54) is 6.21 Å². The van der Waals surface area contributed by atoms with Gasteiger partial charge in [-0.05, 0) is 47.5 Å². The molecule has 0 saturated carbocycles. The first-order valence-electron chi connectivity index (χ1n) is 7.79. The molecule has 0 unspecified atom stereocenters. The quantitative estimate of drug-likeness (QED) is 0.581. The zero-order chi connectivity index (χ0) is 18.8. The topological polar surface area (TPSA) is 92.9 Å². The summed E-state index contributed by atoms with van der Waals surface area (Å²) in [6.07, 6.45) is 1.69. The number of ether oxygens (including phenoxy) is 3. The fourth-order valence-corrected chi connectivity index (χ4v) is 2.16. The van der Waals surface area contributed by atoms with Crippen LogP contribution in [0.15, 0.2) is 47.6 Å². The van der Waals surface area contributed by atoms with E-state index < -0.39 is 0 Å². The third kappa shape index (κ3) is 5.53. The van der Waals surface area contributed by atoms with Gasteiger partial charge in [0.2, 0.25) is 5.91 Å². The van der Waals surface area contributed by atoms with E-state index in [4.69, 9.17) is 19.5 Å². The molecule has 2 rings (SSSR count). The van der Waals surface area contributed by atoms with Crippen molar-refractivity contribution >= 4 is 12.1 Å². The minimum atomic E-state index is -0.248. The predicted octanol–water partition coefficient (Wildman–Crippen LogP) is 2.30. The van der Waals surface area contributed by atoms with Gasteiger partial charge in [-0.25, -0.2) is 5.43 Å². The van der Waals surface area contributed by atoms with E-state index in [1.807, 2.05) is 6.07 Å². The molecule has 7 heteroatoms. The number of methoxy groups -OCH3 is 2. The first-order valence-corrected chi connectivity index (χ1v) is 7.79. The average Bonchev–Trinajstić information content (AvgIpc) is 2.67. The molecule has 0 radical (unpaired) electrons. The number of amides is 1. The van der Waals surface area contributed by atoms with Crippen molar-refractivity contribution in [3.63, 3.8) is 0 Å². The fraction of sp³-hybridized carbons (Fsp3) is 0.211. The van der Waals surface area contributed by atoms with Crippen LogP contribution in [0, 0.1) is 11.3 Å². The molecule has 2 aromatic carbocycles. The van der Waals surface area contributed by atoms with Gasteiger partial charge in [-0.1, -0.05) is 6.07 Å². The van der Waals surface area contributed by atoms with Crippen molar-refractivity contribution in [2.75, 3.05) is 20.8 Å². The summed E-state index contributed by atoms with van der Waals surface area (Å²) in [5.74, 6) is 1.53. The maximum absolute atomic E-state index is 12.0. The lowest BCUT2D eigenvalue weighted by atomic mass is 10.1. The second kappa shape index (κ2) is 9.69. The molecule has 1 N–H and O–H groups in total. The van der Waals surface area contributed by atoms with Gasteiger partial charge < -0.3 is 14.2 Å². The van der Waals surface area contributed by atoms with Crippen molar-refractivity contribution in [1.29, 1.82) is 5.26 Å². The second-order valence-electron chi connectivity index (χ2n) is 5.18. The number of carbonyl (C=O) groups excluding carboxylic acids is 1. The van der Waals surface area contributed by atoms with Gasteiger partial charge in [-0.15, -0.1) is 0 Å². The van der Waals surface area contributed by atoms with Crippen LogP contribution in [-0.2, 0) is 11.2 Å². The third-order valence-corrected chi connectivity index (χ3v) is 3.40. The maximum atomic E-state index is 12.0. The van der Waals surface area contributed by atoms with Crippen molar-refractivity contribution in [1.82, 2.24) is 5.43 Å². The number of nitrogens with one attached hydrogen (secondary N) is 1. The Bertz CT molecular complexity index is 811. The zero-order valence-corrected chi connectivity index (χ0v) is 14.6. The second-order valence-corrected chi connectivity index (χ2v) is 5.18. The molecular weight excluding hydrogens is 334 g/mol. The van der Waals surface area contributed by atoms with E-state index in [-0.39, 0.29) is 18.9 Å². The number of nitrogens with zero attached hydrogens (tertiary/aromatic N) is 2. The van der Waals surface area contributed by atoms with Crippen molar-refractivity contribution in [2.24, 2.45) is 5.10 Å². The van der Waals surface area contributed by atoms with E-state index in [2.05, 4.69) is 10.5 Å². The lowest BCUT2D eigenvalue weighted by molar-refractivity contribution is -0.120. The molecule has 0 atom stereocenters. The van der Waals surface area contributed by atoms with Gasteiger partial charge in [-0.3, -0.25) is 4.79 Å². The number of hydrogen-bond acceptors (Lipinski definition) is 6. The summed E-state index contributed by atoms with van der Waals surface area (Å²) in [4.78, 5) is 12.0. The Kier molecular flexibility index (Phi) is 7.01. The number of hydrazone groups is 1. The van der Waals surface area contributed by atoms with Gasteiger partial charge in [0, 0.05) is 0 Å². The number of hydrogen-bond donors (Lipinski definition) is 1. The van der Waals surface area contributed by atoms with E-state index in [9.17, 15) is 4.79 Å². The Balaban J connectivity index is 1.88. The van der Waals surface area contributed by atoms with E-state index in [0.29, 0.717) is 17.2 Å². The molecule has 26 heavy (non-hydrogen) atoms. The highest BCUT2D eigenvalue weighted by molar-refractivity contribution is 5.83. The SMILES string of the molecule is COc1ccc(CC(=O)N/N=C\c2ccc(OCC#N)cc2)cc1OC. The Labute approximate surface area is 151 Å². The summed E-state index contributed by atoms with van der Waals surface area (Å²) in [5.41, 5.74) is 4.06. The lowest BCUT2D eigenvalue weighted by Crippen LogP contribution is -2.19. The van der Waals surface area contributed by atoms with E-state index in [1.54, 1.807) is 56.7 Å². The molecule has 0 saturated heterocycles.